The normalized spacial score (nSPS) is 16.8. The summed E-state index contributed by atoms with van der Waals surface area (Å²) in [4.78, 5) is 14.5. The van der Waals surface area contributed by atoms with Gasteiger partial charge in [-0.1, -0.05) is 31.9 Å². The van der Waals surface area contributed by atoms with Gasteiger partial charge in [0.2, 0.25) is 5.91 Å². The molecule has 1 amide bonds. The molecule has 128 valence electrons. The first kappa shape index (κ1) is 17.8. The van der Waals surface area contributed by atoms with Gasteiger partial charge in [0.1, 0.15) is 5.75 Å². The molecule has 1 aliphatic heterocycles. The van der Waals surface area contributed by atoms with Crippen LogP contribution in [0.5, 0.6) is 5.75 Å². The zero-order valence-electron chi connectivity index (χ0n) is 14.5. The third-order valence-corrected chi connectivity index (χ3v) is 4.56. The number of piperidine rings is 1. The van der Waals surface area contributed by atoms with E-state index in [-0.39, 0.29) is 11.9 Å². The minimum absolute atomic E-state index is 0.164. The Bertz CT molecular complexity index is 484. The number of carbonyl (C=O) groups is 1. The molecule has 0 bridgehead atoms. The monoisotopic (exact) mass is 318 g/mol. The van der Waals surface area contributed by atoms with Crippen molar-refractivity contribution in [2.45, 2.75) is 51.5 Å². The van der Waals surface area contributed by atoms with E-state index in [1.807, 2.05) is 12.1 Å². The van der Waals surface area contributed by atoms with Crippen molar-refractivity contribution < 1.29 is 9.53 Å². The highest BCUT2D eigenvalue weighted by molar-refractivity contribution is 5.75. The molecule has 1 fully saturated rings. The van der Waals surface area contributed by atoms with Crippen LogP contribution in [0.25, 0.3) is 0 Å². The SMILES string of the molecule is CCCCC(=O)NCC(c1cccc(OC)c1)N1CCCCC1. The van der Waals surface area contributed by atoms with E-state index in [1.165, 1.54) is 24.8 Å². The number of rotatable bonds is 8. The highest BCUT2D eigenvalue weighted by Crippen LogP contribution is 2.26. The number of methoxy groups -OCH3 is 1. The summed E-state index contributed by atoms with van der Waals surface area (Å²) >= 11 is 0. The van der Waals surface area contributed by atoms with Gasteiger partial charge in [-0.15, -0.1) is 0 Å². The van der Waals surface area contributed by atoms with Crippen molar-refractivity contribution in [1.82, 2.24) is 10.2 Å². The highest BCUT2D eigenvalue weighted by Gasteiger charge is 2.23. The molecule has 1 saturated heterocycles. The maximum atomic E-state index is 12.0. The van der Waals surface area contributed by atoms with Gasteiger partial charge in [-0.2, -0.15) is 0 Å². The van der Waals surface area contributed by atoms with Crippen LogP contribution in [0.2, 0.25) is 0 Å². The van der Waals surface area contributed by atoms with Crippen molar-refractivity contribution in [1.29, 1.82) is 0 Å². The third kappa shape index (κ3) is 5.54. The number of hydrogen-bond donors (Lipinski definition) is 1. The van der Waals surface area contributed by atoms with E-state index < -0.39 is 0 Å². The van der Waals surface area contributed by atoms with E-state index in [1.54, 1.807) is 7.11 Å². The summed E-state index contributed by atoms with van der Waals surface area (Å²) in [6.45, 7) is 5.00. The molecule has 0 aliphatic carbocycles. The Labute approximate surface area is 140 Å². The summed E-state index contributed by atoms with van der Waals surface area (Å²) in [5.74, 6) is 1.04. The quantitative estimate of drug-likeness (QED) is 0.797. The van der Waals surface area contributed by atoms with Crippen molar-refractivity contribution in [2.24, 2.45) is 0 Å². The van der Waals surface area contributed by atoms with E-state index in [4.69, 9.17) is 4.74 Å². The van der Waals surface area contributed by atoms with E-state index in [0.717, 1.165) is 31.7 Å². The molecule has 0 aromatic heterocycles. The maximum absolute atomic E-state index is 12.0. The Kier molecular flexibility index (Phi) is 7.40. The molecule has 1 heterocycles. The van der Waals surface area contributed by atoms with Crippen LogP contribution in [-0.4, -0.2) is 37.6 Å². The molecule has 4 heteroatoms. The molecule has 2 rings (SSSR count). The van der Waals surface area contributed by atoms with Gasteiger partial charge >= 0.3 is 0 Å². The second-order valence-electron chi connectivity index (χ2n) is 6.30. The molecular formula is C19H30N2O2. The van der Waals surface area contributed by atoms with Crippen LogP contribution in [0.15, 0.2) is 24.3 Å². The molecule has 0 spiro atoms. The molecule has 4 nitrogen and oxygen atoms in total. The molecule has 1 aromatic carbocycles. The average molecular weight is 318 g/mol. The highest BCUT2D eigenvalue weighted by atomic mass is 16.5. The van der Waals surface area contributed by atoms with Gasteiger partial charge in [-0.25, -0.2) is 0 Å². The molecule has 1 atom stereocenters. The lowest BCUT2D eigenvalue weighted by atomic mass is 10.0. The Morgan fingerprint density at radius 2 is 2.09 bits per heavy atom. The van der Waals surface area contributed by atoms with Gasteiger partial charge in [-0.05, 0) is 50.0 Å². The van der Waals surface area contributed by atoms with Crippen molar-refractivity contribution in [2.75, 3.05) is 26.7 Å². The number of amides is 1. The topological polar surface area (TPSA) is 41.6 Å². The van der Waals surface area contributed by atoms with Gasteiger partial charge in [-0.3, -0.25) is 9.69 Å². The Hall–Kier alpha value is -1.55. The smallest absolute Gasteiger partial charge is 0.220 e. The van der Waals surface area contributed by atoms with Crippen molar-refractivity contribution in [3.8, 4) is 5.75 Å². The number of ether oxygens (including phenoxy) is 1. The summed E-state index contributed by atoms with van der Waals surface area (Å²) in [5.41, 5.74) is 1.22. The molecule has 23 heavy (non-hydrogen) atoms. The van der Waals surface area contributed by atoms with E-state index in [0.29, 0.717) is 13.0 Å². The zero-order chi connectivity index (χ0) is 16.5. The first-order valence-corrected chi connectivity index (χ1v) is 8.89. The van der Waals surface area contributed by atoms with Crippen molar-refractivity contribution in [3.63, 3.8) is 0 Å². The Morgan fingerprint density at radius 1 is 1.30 bits per heavy atom. The largest absolute Gasteiger partial charge is 0.497 e. The maximum Gasteiger partial charge on any atom is 0.220 e. The van der Waals surface area contributed by atoms with Crippen molar-refractivity contribution in [3.05, 3.63) is 29.8 Å². The summed E-state index contributed by atoms with van der Waals surface area (Å²) in [5, 5.41) is 3.13. The zero-order valence-corrected chi connectivity index (χ0v) is 14.5. The average Bonchev–Trinajstić information content (AvgIpc) is 2.61. The second-order valence-corrected chi connectivity index (χ2v) is 6.30. The minimum Gasteiger partial charge on any atom is -0.497 e. The number of benzene rings is 1. The van der Waals surface area contributed by atoms with E-state index in [9.17, 15) is 4.79 Å². The Balaban J connectivity index is 2.06. The minimum atomic E-state index is 0.164. The fraction of sp³-hybridized carbons (Fsp3) is 0.632. The number of hydrogen-bond acceptors (Lipinski definition) is 3. The van der Waals surface area contributed by atoms with Crippen LogP contribution >= 0.6 is 0 Å². The van der Waals surface area contributed by atoms with Crippen LogP contribution < -0.4 is 10.1 Å². The fourth-order valence-electron chi connectivity index (χ4n) is 3.17. The summed E-state index contributed by atoms with van der Waals surface area (Å²) < 4.78 is 5.37. The summed E-state index contributed by atoms with van der Waals surface area (Å²) in [6.07, 6.45) is 6.43. The summed E-state index contributed by atoms with van der Waals surface area (Å²) in [6, 6.07) is 8.47. The number of unbranched alkanes of at least 4 members (excludes halogenated alkanes) is 1. The Morgan fingerprint density at radius 3 is 2.78 bits per heavy atom. The molecule has 1 N–H and O–H groups in total. The number of likely N-dealkylation sites (tertiary alicyclic amines) is 1. The second kappa shape index (κ2) is 9.56. The first-order valence-electron chi connectivity index (χ1n) is 8.89. The van der Waals surface area contributed by atoms with E-state index >= 15 is 0 Å². The van der Waals surface area contributed by atoms with Crippen LogP contribution in [-0.2, 0) is 4.79 Å². The lowest BCUT2D eigenvalue weighted by Gasteiger charge is -2.35. The van der Waals surface area contributed by atoms with Crippen LogP contribution in [0, 0.1) is 0 Å². The van der Waals surface area contributed by atoms with E-state index in [2.05, 4.69) is 29.3 Å². The van der Waals surface area contributed by atoms with Gasteiger partial charge < -0.3 is 10.1 Å². The van der Waals surface area contributed by atoms with Crippen LogP contribution in [0.3, 0.4) is 0 Å². The lowest BCUT2D eigenvalue weighted by Crippen LogP contribution is -2.40. The summed E-state index contributed by atoms with van der Waals surface area (Å²) in [7, 11) is 1.70. The lowest BCUT2D eigenvalue weighted by molar-refractivity contribution is -0.121. The number of nitrogens with one attached hydrogen (secondary N) is 1. The predicted molar refractivity (Wildman–Crippen MR) is 93.7 cm³/mol. The van der Waals surface area contributed by atoms with Crippen LogP contribution in [0.1, 0.15) is 57.1 Å². The van der Waals surface area contributed by atoms with Gasteiger partial charge in [0.05, 0.1) is 13.2 Å². The fourth-order valence-corrected chi connectivity index (χ4v) is 3.17. The van der Waals surface area contributed by atoms with Crippen LogP contribution in [0.4, 0.5) is 0 Å². The molecule has 1 aromatic rings. The van der Waals surface area contributed by atoms with Gasteiger partial charge in [0.15, 0.2) is 0 Å². The molecule has 1 aliphatic rings. The predicted octanol–water partition coefficient (Wildman–Crippen LogP) is 3.53. The molecule has 1 unspecified atom stereocenters. The molecule has 0 radical (unpaired) electrons. The standard InChI is InChI=1S/C19H30N2O2/c1-3-4-11-19(22)20-15-18(21-12-6-5-7-13-21)16-9-8-10-17(14-16)23-2/h8-10,14,18H,3-7,11-13,15H2,1-2H3,(H,20,22). The number of nitrogens with zero attached hydrogens (tertiary/aromatic N) is 1. The molecular weight excluding hydrogens is 288 g/mol. The van der Waals surface area contributed by atoms with Gasteiger partial charge in [0, 0.05) is 13.0 Å². The van der Waals surface area contributed by atoms with Gasteiger partial charge in [0.25, 0.3) is 0 Å². The third-order valence-electron chi connectivity index (χ3n) is 4.56. The number of carbonyl (C=O) groups excluding carboxylic acids is 1. The first-order chi connectivity index (χ1) is 11.2. The van der Waals surface area contributed by atoms with Crippen molar-refractivity contribution >= 4 is 5.91 Å². The molecule has 0 saturated carbocycles.